The monoisotopic (exact) mass is 341 g/mol. The average Bonchev–Trinajstić information content (AvgIpc) is 2.74. The Hall–Kier alpha value is -0.840. The molecule has 2 heterocycles. The fourth-order valence-electron chi connectivity index (χ4n) is 2.19. The van der Waals surface area contributed by atoms with E-state index in [1.165, 1.54) is 16.9 Å². The Bertz CT molecular complexity index is 608. The van der Waals surface area contributed by atoms with Crippen molar-refractivity contribution in [1.29, 1.82) is 0 Å². The van der Waals surface area contributed by atoms with E-state index in [-0.39, 0.29) is 11.8 Å². The molecule has 5 heteroatoms. The lowest BCUT2D eigenvalue weighted by molar-refractivity contribution is 0.0947. The topological polar surface area (TPSA) is 29.1 Å². The van der Waals surface area contributed by atoms with Crippen molar-refractivity contribution in [1.82, 2.24) is 5.32 Å². The number of carbonyl (C=O) groups is 1. The number of hydrogen-bond donors (Lipinski definition) is 1. The maximum Gasteiger partial charge on any atom is 0.261 e. The van der Waals surface area contributed by atoms with E-state index in [9.17, 15) is 4.79 Å². The molecule has 1 amide bonds. The molecule has 3 rings (SSSR count). The molecule has 92 valence electrons. The Kier molecular flexibility index (Phi) is 3.18. The van der Waals surface area contributed by atoms with Crippen molar-refractivity contribution >= 4 is 44.8 Å². The van der Waals surface area contributed by atoms with Gasteiger partial charge in [0.25, 0.3) is 5.91 Å². The summed E-state index contributed by atoms with van der Waals surface area (Å²) in [5.74, 6) is 0.225. The van der Waals surface area contributed by atoms with Crippen LogP contribution in [-0.2, 0) is 0 Å². The van der Waals surface area contributed by atoms with Gasteiger partial charge >= 0.3 is 0 Å². The predicted octanol–water partition coefficient (Wildman–Crippen LogP) is 4.04. The highest BCUT2D eigenvalue weighted by Gasteiger charge is 2.28. The van der Waals surface area contributed by atoms with E-state index in [0.29, 0.717) is 6.54 Å². The first-order valence-corrected chi connectivity index (χ1v) is 7.47. The van der Waals surface area contributed by atoms with Crippen LogP contribution in [0, 0.1) is 0 Å². The van der Waals surface area contributed by atoms with E-state index in [1.807, 2.05) is 30.3 Å². The van der Waals surface area contributed by atoms with Gasteiger partial charge in [0, 0.05) is 17.5 Å². The van der Waals surface area contributed by atoms with Gasteiger partial charge in [-0.1, -0.05) is 23.7 Å². The van der Waals surface area contributed by atoms with Gasteiger partial charge in [-0.2, -0.15) is 0 Å². The number of carbonyl (C=O) groups excluding carboxylic acids is 1. The number of benzene rings is 1. The Morgan fingerprint density at radius 1 is 1.33 bits per heavy atom. The summed E-state index contributed by atoms with van der Waals surface area (Å²) in [6.07, 6.45) is 0. The van der Waals surface area contributed by atoms with Crippen molar-refractivity contribution in [3.05, 3.63) is 55.1 Å². The van der Waals surface area contributed by atoms with Crippen LogP contribution in [0.2, 0.25) is 5.02 Å². The Balaban J connectivity index is 2.06. The van der Waals surface area contributed by atoms with Crippen LogP contribution in [0.5, 0.6) is 0 Å². The van der Waals surface area contributed by atoms with Crippen LogP contribution >= 0.6 is 38.9 Å². The first kappa shape index (κ1) is 12.2. The van der Waals surface area contributed by atoms with Gasteiger partial charge in [-0.05, 0) is 45.3 Å². The van der Waals surface area contributed by atoms with Crippen LogP contribution in [0.15, 0.2) is 34.1 Å². The molecular weight excluding hydrogens is 334 g/mol. The third-order valence-electron chi connectivity index (χ3n) is 3.05. The molecular formula is C13H9BrClNOS. The van der Waals surface area contributed by atoms with Crippen LogP contribution in [0.25, 0.3) is 0 Å². The zero-order chi connectivity index (χ0) is 12.7. The third kappa shape index (κ3) is 2.09. The van der Waals surface area contributed by atoms with Gasteiger partial charge in [-0.15, -0.1) is 11.3 Å². The van der Waals surface area contributed by atoms with E-state index < -0.39 is 0 Å². The minimum Gasteiger partial charge on any atom is -0.350 e. The highest BCUT2D eigenvalue weighted by Crippen LogP contribution is 2.37. The Morgan fingerprint density at radius 3 is 2.78 bits per heavy atom. The molecule has 2 nitrogen and oxygen atoms in total. The first-order valence-electron chi connectivity index (χ1n) is 5.48. The number of thiophene rings is 1. The van der Waals surface area contributed by atoms with Crippen molar-refractivity contribution in [3.8, 4) is 0 Å². The summed E-state index contributed by atoms with van der Waals surface area (Å²) < 4.78 is 0.989. The van der Waals surface area contributed by atoms with Crippen LogP contribution in [0.4, 0.5) is 0 Å². The Morgan fingerprint density at radius 2 is 2.06 bits per heavy atom. The van der Waals surface area contributed by atoms with Crippen LogP contribution < -0.4 is 5.32 Å². The van der Waals surface area contributed by atoms with Gasteiger partial charge in [0.1, 0.15) is 0 Å². The van der Waals surface area contributed by atoms with Gasteiger partial charge in [-0.25, -0.2) is 0 Å². The fraction of sp³-hybridized carbons (Fsp3) is 0.154. The molecule has 0 spiro atoms. The van der Waals surface area contributed by atoms with Crippen molar-refractivity contribution in [2.75, 3.05) is 6.54 Å². The second-order valence-electron chi connectivity index (χ2n) is 4.15. The molecule has 1 aromatic heterocycles. The lowest BCUT2D eigenvalue weighted by Crippen LogP contribution is -2.34. The lowest BCUT2D eigenvalue weighted by Gasteiger charge is -2.23. The summed E-state index contributed by atoms with van der Waals surface area (Å²) in [6.45, 7) is 0.636. The average molecular weight is 343 g/mol. The molecule has 0 bridgehead atoms. The van der Waals surface area contributed by atoms with Crippen molar-refractivity contribution < 1.29 is 4.79 Å². The molecule has 1 aliphatic heterocycles. The largest absolute Gasteiger partial charge is 0.350 e. The molecule has 2 aromatic rings. The smallest absolute Gasteiger partial charge is 0.261 e. The molecule has 1 unspecified atom stereocenters. The first-order chi connectivity index (χ1) is 8.65. The van der Waals surface area contributed by atoms with Crippen molar-refractivity contribution in [3.63, 3.8) is 0 Å². The van der Waals surface area contributed by atoms with E-state index in [2.05, 4.69) is 21.2 Å². The molecule has 1 aliphatic rings. The van der Waals surface area contributed by atoms with Gasteiger partial charge in [0.05, 0.1) is 8.66 Å². The molecule has 0 aliphatic carbocycles. The number of halogens is 2. The normalized spacial score (nSPS) is 18.3. The second-order valence-corrected chi connectivity index (χ2v) is 7.02. The van der Waals surface area contributed by atoms with E-state index >= 15 is 0 Å². The number of hydrogen-bond acceptors (Lipinski definition) is 2. The summed E-state index contributed by atoms with van der Waals surface area (Å²) in [6, 6.07) is 9.83. The SMILES string of the molecule is O=C1NCC(c2ccc(Cl)cc2)c2cc(Br)sc21. The van der Waals surface area contributed by atoms with Gasteiger partial charge in [0.2, 0.25) is 0 Å². The van der Waals surface area contributed by atoms with Gasteiger partial charge in [0.15, 0.2) is 0 Å². The van der Waals surface area contributed by atoms with Crippen LogP contribution in [0.1, 0.15) is 26.7 Å². The molecule has 0 radical (unpaired) electrons. The molecule has 0 fully saturated rings. The number of nitrogens with one attached hydrogen (secondary N) is 1. The minimum absolute atomic E-state index is 0.0194. The van der Waals surface area contributed by atoms with E-state index in [0.717, 1.165) is 19.2 Å². The highest BCUT2D eigenvalue weighted by atomic mass is 79.9. The minimum atomic E-state index is 0.0194. The van der Waals surface area contributed by atoms with Crippen molar-refractivity contribution in [2.45, 2.75) is 5.92 Å². The van der Waals surface area contributed by atoms with Crippen molar-refractivity contribution in [2.24, 2.45) is 0 Å². The highest BCUT2D eigenvalue weighted by molar-refractivity contribution is 9.11. The zero-order valence-corrected chi connectivity index (χ0v) is 12.4. The summed E-state index contributed by atoms with van der Waals surface area (Å²) in [5.41, 5.74) is 2.27. The molecule has 1 atom stereocenters. The van der Waals surface area contributed by atoms with Gasteiger partial charge in [-0.3, -0.25) is 4.79 Å². The maximum absolute atomic E-state index is 11.8. The van der Waals surface area contributed by atoms with E-state index in [1.54, 1.807) is 0 Å². The second kappa shape index (κ2) is 4.68. The summed E-state index contributed by atoms with van der Waals surface area (Å²) >= 11 is 10.8. The molecule has 1 N–H and O–H groups in total. The fourth-order valence-corrected chi connectivity index (χ4v) is 3.91. The zero-order valence-electron chi connectivity index (χ0n) is 9.24. The summed E-state index contributed by atoms with van der Waals surface area (Å²) in [7, 11) is 0. The lowest BCUT2D eigenvalue weighted by atomic mass is 9.89. The number of amides is 1. The third-order valence-corrected chi connectivity index (χ3v) is 4.96. The number of fused-ring (bicyclic) bond motifs is 1. The summed E-state index contributed by atoms with van der Waals surface area (Å²) in [4.78, 5) is 12.6. The van der Waals surface area contributed by atoms with Crippen LogP contribution in [0.3, 0.4) is 0 Å². The summed E-state index contributed by atoms with van der Waals surface area (Å²) in [5, 5.41) is 3.66. The standard InChI is InChI=1S/C13H9BrClNOS/c14-11-5-9-10(6-16-13(17)12(9)18-11)7-1-3-8(15)4-2-7/h1-5,10H,6H2,(H,16,17). The van der Waals surface area contributed by atoms with Gasteiger partial charge < -0.3 is 5.32 Å². The van der Waals surface area contributed by atoms with E-state index in [4.69, 9.17) is 11.6 Å². The predicted molar refractivity (Wildman–Crippen MR) is 77.6 cm³/mol. The van der Waals surface area contributed by atoms with Crippen LogP contribution in [-0.4, -0.2) is 12.5 Å². The molecule has 0 saturated heterocycles. The number of rotatable bonds is 1. The molecule has 18 heavy (non-hydrogen) atoms. The molecule has 0 saturated carbocycles. The molecule has 1 aromatic carbocycles. The maximum atomic E-state index is 11.8. The Labute approximate surface area is 122 Å². The quantitative estimate of drug-likeness (QED) is 0.832.